The summed E-state index contributed by atoms with van der Waals surface area (Å²) in [6, 6.07) is 11.4. The maximum Gasteiger partial charge on any atom is 0.255 e. The number of halogens is 1. The molecule has 0 aliphatic carbocycles. The molecular weight excluding hydrogens is 403 g/mol. The number of sulfone groups is 1. The van der Waals surface area contributed by atoms with E-state index in [0.717, 1.165) is 9.83 Å². The van der Waals surface area contributed by atoms with Crippen molar-refractivity contribution in [2.24, 2.45) is 0 Å². The number of para-hydroxylation sites is 1. The summed E-state index contributed by atoms with van der Waals surface area (Å²) < 4.78 is 24.1. The van der Waals surface area contributed by atoms with Crippen LogP contribution in [0, 0.1) is 3.57 Å². The van der Waals surface area contributed by atoms with Crippen molar-refractivity contribution < 1.29 is 13.2 Å². The van der Waals surface area contributed by atoms with E-state index in [-0.39, 0.29) is 16.1 Å². The quantitative estimate of drug-likeness (QED) is 0.595. The van der Waals surface area contributed by atoms with Gasteiger partial charge in [0.25, 0.3) is 5.91 Å². The summed E-state index contributed by atoms with van der Waals surface area (Å²) in [5.74, 6) is -0.406. The number of amides is 1. The number of nitrogens with two attached hydrogens (primary N) is 1. The molecule has 3 N–H and O–H groups in total. The Bertz CT molecular complexity index is 804. The summed E-state index contributed by atoms with van der Waals surface area (Å²) in [7, 11) is -3.42. The fourth-order valence-corrected chi connectivity index (χ4v) is 2.94. The van der Waals surface area contributed by atoms with E-state index < -0.39 is 15.7 Å². The molecule has 2 aromatic carbocycles. The van der Waals surface area contributed by atoms with Gasteiger partial charge in [-0.25, -0.2) is 8.42 Å². The van der Waals surface area contributed by atoms with Crippen LogP contribution >= 0.6 is 22.6 Å². The van der Waals surface area contributed by atoms with Crippen LogP contribution in [0.2, 0.25) is 0 Å². The minimum Gasteiger partial charge on any atom is -0.399 e. The third-order valence-electron chi connectivity index (χ3n) is 2.74. The molecule has 0 fully saturated rings. The minimum atomic E-state index is -3.42. The molecule has 0 aliphatic rings. The van der Waals surface area contributed by atoms with Crippen LogP contribution in [-0.2, 0) is 9.84 Å². The van der Waals surface area contributed by atoms with E-state index in [2.05, 4.69) is 27.9 Å². The number of benzene rings is 2. The number of hydrogen-bond donors (Lipinski definition) is 2. The van der Waals surface area contributed by atoms with Crippen LogP contribution in [0.25, 0.3) is 0 Å². The first kappa shape index (κ1) is 15.8. The van der Waals surface area contributed by atoms with Crippen molar-refractivity contribution in [1.82, 2.24) is 0 Å². The summed E-state index contributed by atoms with van der Waals surface area (Å²) in [6.07, 6.45) is 1.07. The maximum atomic E-state index is 12.2. The predicted octanol–water partition coefficient (Wildman–Crippen LogP) is 2.53. The highest BCUT2D eigenvalue weighted by molar-refractivity contribution is 14.1. The van der Waals surface area contributed by atoms with Gasteiger partial charge in [0.05, 0.1) is 10.6 Å². The van der Waals surface area contributed by atoms with Crippen molar-refractivity contribution in [2.75, 3.05) is 17.3 Å². The van der Waals surface area contributed by atoms with Crippen molar-refractivity contribution in [2.45, 2.75) is 4.90 Å². The van der Waals surface area contributed by atoms with Crippen LogP contribution in [0.1, 0.15) is 10.4 Å². The highest BCUT2D eigenvalue weighted by atomic mass is 127. The molecule has 5 nitrogen and oxygen atoms in total. The summed E-state index contributed by atoms with van der Waals surface area (Å²) in [5, 5.41) is 2.74. The highest BCUT2D eigenvalue weighted by Gasteiger charge is 2.14. The van der Waals surface area contributed by atoms with Gasteiger partial charge >= 0.3 is 0 Å². The summed E-state index contributed by atoms with van der Waals surface area (Å²) in [4.78, 5) is 12.3. The zero-order chi connectivity index (χ0) is 15.6. The smallest absolute Gasteiger partial charge is 0.255 e. The largest absolute Gasteiger partial charge is 0.399 e. The van der Waals surface area contributed by atoms with Crippen molar-refractivity contribution >= 4 is 49.7 Å². The highest BCUT2D eigenvalue weighted by Crippen LogP contribution is 2.20. The third kappa shape index (κ3) is 3.94. The van der Waals surface area contributed by atoms with Gasteiger partial charge < -0.3 is 11.1 Å². The molecule has 21 heavy (non-hydrogen) atoms. The Morgan fingerprint density at radius 1 is 1.19 bits per heavy atom. The van der Waals surface area contributed by atoms with Crippen molar-refractivity contribution in [3.8, 4) is 0 Å². The van der Waals surface area contributed by atoms with E-state index in [1.54, 1.807) is 12.1 Å². The molecule has 0 spiro atoms. The van der Waals surface area contributed by atoms with Crippen molar-refractivity contribution in [1.29, 1.82) is 0 Å². The van der Waals surface area contributed by atoms with Gasteiger partial charge in [-0.3, -0.25) is 4.79 Å². The number of nitrogen functional groups attached to an aromatic ring is 1. The molecular formula is C14H13IN2O3S. The van der Waals surface area contributed by atoms with Crippen LogP contribution in [-0.4, -0.2) is 20.6 Å². The number of hydrogen-bond acceptors (Lipinski definition) is 4. The molecule has 110 valence electrons. The number of rotatable bonds is 3. The van der Waals surface area contributed by atoms with Crippen LogP contribution in [0.15, 0.2) is 47.4 Å². The number of anilines is 2. The zero-order valence-electron chi connectivity index (χ0n) is 11.1. The van der Waals surface area contributed by atoms with E-state index in [4.69, 9.17) is 5.73 Å². The lowest BCUT2D eigenvalue weighted by molar-refractivity contribution is 0.102. The fraction of sp³-hybridized carbons (Fsp3) is 0.0714. The average Bonchev–Trinajstić information content (AvgIpc) is 2.39. The minimum absolute atomic E-state index is 0.0235. The first-order valence-corrected chi connectivity index (χ1v) is 8.91. The standard InChI is InChI=1S/C14H13IN2O3S/c1-21(19,20)11-7-9(6-10(16)8-11)14(18)17-13-5-3-2-4-12(13)15/h2-8H,16H2,1H3,(H,17,18). The number of carbonyl (C=O) groups is 1. The lowest BCUT2D eigenvalue weighted by Gasteiger charge is -2.09. The lowest BCUT2D eigenvalue weighted by Crippen LogP contribution is -2.14. The van der Waals surface area contributed by atoms with Gasteiger partial charge in [0.1, 0.15) is 0 Å². The number of nitrogens with one attached hydrogen (secondary N) is 1. The van der Waals surface area contributed by atoms with Gasteiger partial charge in [-0.2, -0.15) is 0 Å². The maximum absolute atomic E-state index is 12.2. The van der Waals surface area contributed by atoms with E-state index in [9.17, 15) is 13.2 Å². The Kier molecular flexibility index (Phi) is 4.52. The van der Waals surface area contributed by atoms with Crippen LogP contribution in [0.5, 0.6) is 0 Å². The van der Waals surface area contributed by atoms with E-state index in [1.165, 1.54) is 18.2 Å². The Morgan fingerprint density at radius 3 is 2.48 bits per heavy atom. The van der Waals surface area contributed by atoms with Gasteiger partial charge in [-0.1, -0.05) is 12.1 Å². The zero-order valence-corrected chi connectivity index (χ0v) is 14.1. The second kappa shape index (κ2) is 6.02. The molecule has 0 heterocycles. The Morgan fingerprint density at radius 2 is 1.86 bits per heavy atom. The molecule has 1 amide bonds. The van der Waals surface area contributed by atoms with Gasteiger partial charge in [-0.05, 0) is 52.9 Å². The average molecular weight is 416 g/mol. The van der Waals surface area contributed by atoms with Crippen LogP contribution < -0.4 is 11.1 Å². The van der Waals surface area contributed by atoms with Gasteiger partial charge in [-0.15, -0.1) is 0 Å². The molecule has 0 bridgehead atoms. The number of carbonyl (C=O) groups excluding carboxylic acids is 1. The summed E-state index contributed by atoms with van der Waals surface area (Å²) in [6.45, 7) is 0. The second-order valence-corrected chi connectivity index (χ2v) is 7.67. The normalized spacial score (nSPS) is 11.1. The molecule has 0 saturated carbocycles. The second-order valence-electron chi connectivity index (χ2n) is 4.50. The Labute approximate surface area is 136 Å². The topological polar surface area (TPSA) is 89.3 Å². The van der Waals surface area contributed by atoms with E-state index in [1.807, 2.05) is 12.1 Å². The first-order valence-electron chi connectivity index (χ1n) is 5.94. The molecule has 7 heteroatoms. The summed E-state index contributed by atoms with van der Waals surface area (Å²) in [5.41, 5.74) is 6.76. The van der Waals surface area contributed by atoms with Gasteiger partial charge in [0.2, 0.25) is 0 Å². The Hall–Kier alpha value is -1.61. The van der Waals surface area contributed by atoms with Crippen LogP contribution in [0.4, 0.5) is 11.4 Å². The molecule has 0 atom stereocenters. The van der Waals surface area contributed by atoms with Crippen LogP contribution in [0.3, 0.4) is 0 Å². The third-order valence-corrected chi connectivity index (χ3v) is 4.77. The predicted molar refractivity (Wildman–Crippen MR) is 91.1 cm³/mol. The molecule has 0 radical (unpaired) electrons. The SMILES string of the molecule is CS(=O)(=O)c1cc(N)cc(C(=O)Nc2ccccc2I)c1. The molecule has 0 aromatic heterocycles. The fourth-order valence-electron chi connectivity index (χ4n) is 1.72. The molecule has 2 rings (SSSR count). The Balaban J connectivity index is 2.36. The first-order chi connectivity index (χ1) is 9.77. The monoisotopic (exact) mass is 416 g/mol. The van der Waals surface area contributed by atoms with E-state index in [0.29, 0.717) is 5.69 Å². The molecule has 2 aromatic rings. The summed E-state index contributed by atoms with van der Waals surface area (Å²) >= 11 is 2.10. The van der Waals surface area contributed by atoms with E-state index >= 15 is 0 Å². The van der Waals surface area contributed by atoms with Crippen molar-refractivity contribution in [3.05, 3.63) is 51.6 Å². The van der Waals surface area contributed by atoms with Gasteiger partial charge in [0, 0.05) is 21.1 Å². The molecule has 0 saturated heterocycles. The molecule has 0 aliphatic heterocycles. The lowest BCUT2D eigenvalue weighted by atomic mass is 10.2. The molecule has 0 unspecified atom stereocenters. The van der Waals surface area contributed by atoms with Gasteiger partial charge in [0.15, 0.2) is 9.84 Å². The van der Waals surface area contributed by atoms with Crippen molar-refractivity contribution in [3.63, 3.8) is 0 Å².